The summed E-state index contributed by atoms with van der Waals surface area (Å²) < 4.78 is 5.21. The average Bonchev–Trinajstić information content (AvgIpc) is 2.98. The molecule has 0 atom stereocenters. The van der Waals surface area contributed by atoms with Crippen molar-refractivity contribution in [1.29, 1.82) is 0 Å². The van der Waals surface area contributed by atoms with E-state index >= 15 is 0 Å². The van der Waals surface area contributed by atoms with Gasteiger partial charge in [-0.25, -0.2) is 4.98 Å². The SMILES string of the molecule is Cc1noc(C)c1CSc1ncccc1C(=O)Nc1cccc(C(C)C)c1. The van der Waals surface area contributed by atoms with Gasteiger partial charge in [-0.2, -0.15) is 0 Å². The van der Waals surface area contributed by atoms with Gasteiger partial charge in [-0.3, -0.25) is 4.79 Å². The van der Waals surface area contributed by atoms with Crippen molar-refractivity contribution in [3.05, 3.63) is 70.7 Å². The molecule has 140 valence electrons. The lowest BCUT2D eigenvalue weighted by molar-refractivity contribution is 0.102. The Hall–Kier alpha value is -2.60. The van der Waals surface area contributed by atoms with Crippen molar-refractivity contribution in [2.45, 2.75) is 44.4 Å². The first-order valence-corrected chi connectivity index (χ1v) is 9.85. The molecule has 3 aromatic rings. The molecule has 5 nitrogen and oxygen atoms in total. The van der Waals surface area contributed by atoms with E-state index in [1.54, 1.807) is 18.3 Å². The number of hydrogen-bond acceptors (Lipinski definition) is 5. The number of thioether (sulfide) groups is 1. The Kier molecular flexibility index (Phi) is 5.96. The first kappa shape index (κ1) is 19.2. The molecule has 0 aliphatic carbocycles. The van der Waals surface area contributed by atoms with E-state index in [4.69, 9.17) is 4.52 Å². The number of aryl methyl sites for hydroxylation is 2. The second kappa shape index (κ2) is 8.39. The summed E-state index contributed by atoms with van der Waals surface area (Å²) in [6.07, 6.45) is 1.70. The fourth-order valence-electron chi connectivity index (χ4n) is 2.70. The zero-order valence-electron chi connectivity index (χ0n) is 15.9. The maximum absolute atomic E-state index is 12.8. The minimum absolute atomic E-state index is 0.162. The third-order valence-corrected chi connectivity index (χ3v) is 5.39. The zero-order chi connectivity index (χ0) is 19.4. The molecule has 1 N–H and O–H groups in total. The third-order valence-electron chi connectivity index (χ3n) is 4.36. The summed E-state index contributed by atoms with van der Waals surface area (Å²) in [4.78, 5) is 17.2. The number of aromatic nitrogens is 2. The van der Waals surface area contributed by atoms with E-state index in [1.165, 1.54) is 17.3 Å². The fourth-order valence-corrected chi connectivity index (χ4v) is 3.85. The van der Waals surface area contributed by atoms with Crippen molar-refractivity contribution in [1.82, 2.24) is 10.1 Å². The number of anilines is 1. The molecule has 6 heteroatoms. The lowest BCUT2D eigenvalue weighted by atomic mass is 10.0. The van der Waals surface area contributed by atoms with Gasteiger partial charge in [0.25, 0.3) is 5.91 Å². The third kappa shape index (κ3) is 4.57. The van der Waals surface area contributed by atoms with Crippen molar-refractivity contribution in [2.75, 3.05) is 5.32 Å². The van der Waals surface area contributed by atoms with E-state index in [0.29, 0.717) is 22.3 Å². The molecule has 1 amide bonds. The molecule has 1 aromatic carbocycles. The standard InChI is InChI=1S/C21H23N3O2S/c1-13(2)16-7-5-8-17(11-16)23-20(25)18-9-6-10-22-21(18)27-12-19-14(3)24-26-15(19)4/h5-11,13H,12H2,1-4H3,(H,23,25). The van der Waals surface area contributed by atoms with Crippen LogP contribution in [0.25, 0.3) is 0 Å². The largest absolute Gasteiger partial charge is 0.361 e. The number of carbonyl (C=O) groups excluding carboxylic acids is 1. The van der Waals surface area contributed by atoms with E-state index < -0.39 is 0 Å². The Morgan fingerprint density at radius 2 is 2.04 bits per heavy atom. The van der Waals surface area contributed by atoms with Gasteiger partial charge in [0.1, 0.15) is 10.8 Å². The minimum atomic E-state index is -0.162. The molecule has 2 heterocycles. The molecule has 0 saturated heterocycles. The quantitative estimate of drug-likeness (QED) is 0.583. The first-order chi connectivity index (χ1) is 13.0. The van der Waals surface area contributed by atoms with Crippen molar-refractivity contribution in [3.63, 3.8) is 0 Å². The van der Waals surface area contributed by atoms with Crippen LogP contribution in [0, 0.1) is 13.8 Å². The summed E-state index contributed by atoms with van der Waals surface area (Å²) in [5.41, 5.74) is 4.45. The summed E-state index contributed by atoms with van der Waals surface area (Å²) >= 11 is 1.51. The number of hydrogen-bond donors (Lipinski definition) is 1. The summed E-state index contributed by atoms with van der Waals surface area (Å²) in [5, 5.41) is 7.65. The Labute approximate surface area is 163 Å². The van der Waals surface area contributed by atoms with Gasteiger partial charge in [0.15, 0.2) is 0 Å². The van der Waals surface area contributed by atoms with E-state index in [-0.39, 0.29) is 5.91 Å². The molecule has 0 radical (unpaired) electrons. The zero-order valence-corrected chi connectivity index (χ0v) is 16.8. The van der Waals surface area contributed by atoms with Crippen molar-refractivity contribution < 1.29 is 9.32 Å². The average molecular weight is 382 g/mol. The molecule has 0 saturated carbocycles. The maximum Gasteiger partial charge on any atom is 0.258 e. The van der Waals surface area contributed by atoms with Crippen LogP contribution < -0.4 is 5.32 Å². The van der Waals surface area contributed by atoms with E-state index in [0.717, 1.165) is 22.7 Å². The predicted octanol–water partition coefficient (Wildman–Crippen LogP) is 5.35. The number of amides is 1. The van der Waals surface area contributed by atoms with Gasteiger partial charge in [0.2, 0.25) is 0 Å². The predicted molar refractivity (Wildman–Crippen MR) is 108 cm³/mol. The summed E-state index contributed by atoms with van der Waals surface area (Å²) in [6, 6.07) is 11.5. The van der Waals surface area contributed by atoms with Crippen LogP contribution >= 0.6 is 11.8 Å². The van der Waals surface area contributed by atoms with Gasteiger partial charge in [0.05, 0.1) is 11.3 Å². The smallest absolute Gasteiger partial charge is 0.258 e. The molecular formula is C21H23N3O2S. The van der Waals surface area contributed by atoms with Crippen LogP contribution in [0.1, 0.15) is 52.7 Å². The normalized spacial score (nSPS) is 11.0. The summed E-state index contributed by atoms with van der Waals surface area (Å²) in [6.45, 7) is 8.07. The molecule has 27 heavy (non-hydrogen) atoms. The highest BCUT2D eigenvalue weighted by molar-refractivity contribution is 7.98. The van der Waals surface area contributed by atoms with Gasteiger partial charge < -0.3 is 9.84 Å². The molecular weight excluding hydrogens is 358 g/mol. The van der Waals surface area contributed by atoms with Crippen LogP contribution in [0.5, 0.6) is 0 Å². The lowest BCUT2D eigenvalue weighted by Crippen LogP contribution is -2.14. The number of rotatable bonds is 6. The lowest BCUT2D eigenvalue weighted by Gasteiger charge is -2.11. The number of nitrogens with one attached hydrogen (secondary N) is 1. The highest BCUT2D eigenvalue weighted by Crippen LogP contribution is 2.28. The van der Waals surface area contributed by atoms with E-state index in [2.05, 4.69) is 35.4 Å². The van der Waals surface area contributed by atoms with Crippen LogP contribution in [0.3, 0.4) is 0 Å². The van der Waals surface area contributed by atoms with Gasteiger partial charge in [-0.1, -0.05) is 31.1 Å². The molecule has 0 unspecified atom stereocenters. The fraction of sp³-hybridized carbons (Fsp3) is 0.286. The second-order valence-electron chi connectivity index (χ2n) is 6.68. The Bertz CT molecular complexity index is 931. The number of carbonyl (C=O) groups is 1. The molecule has 3 rings (SSSR count). The highest BCUT2D eigenvalue weighted by Gasteiger charge is 2.16. The number of pyridine rings is 1. The van der Waals surface area contributed by atoms with Crippen LogP contribution in [0.4, 0.5) is 5.69 Å². The number of nitrogens with zero attached hydrogens (tertiary/aromatic N) is 2. The number of benzene rings is 1. The van der Waals surface area contributed by atoms with Gasteiger partial charge in [-0.15, -0.1) is 11.8 Å². The van der Waals surface area contributed by atoms with Crippen LogP contribution in [0.15, 0.2) is 52.1 Å². The molecule has 0 aliphatic heterocycles. The van der Waals surface area contributed by atoms with Crippen LogP contribution in [-0.4, -0.2) is 16.0 Å². The van der Waals surface area contributed by atoms with Crippen molar-refractivity contribution in [2.24, 2.45) is 0 Å². The van der Waals surface area contributed by atoms with E-state index in [1.807, 2.05) is 32.0 Å². The Morgan fingerprint density at radius 1 is 1.22 bits per heavy atom. The monoisotopic (exact) mass is 381 g/mol. The second-order valence-corrected chi connectivity index (χ2v) is 7.65. The van der Waals surface area contributed by atoms with Crippen LogP contribution in [0.2, 0.25) is 0 Å². The first-order valence-electron chi connectivity index (χ1n) is 8.86. The summed E-state index contributed by atoms with van der Waals surface area (Å²) in [7, 11) is 0. The van der Waals surface area contributed by atoms with Crippen molar-refractivity contribution in [3.8, 4) is 0 Å². The molecule has 0 aliphatic rings. The molecule has 0 spiro atoms. The molecule has 0 fully saturated rings. The van der Waals surface area contributed by atoms with Gasteiger partial charge in [-0.05, 0) is 49.6 Å². The van der Waals surface area contributed by atoms with Gasteiger partial charge in [0, 0.05) is 23.2 Å². The Balaban J connectivity index is 1.77. The van der Waals surface area contributed by atoms with Crippen molar-refractivity contribution >= 4 is 23.4 Å². The molecule has 2 aromatic heterocycles. The molecule has 0 bridgehead atoms. The Morgan fingerprint density at radius 3 is 2.74 bits per heavy atom. The van der Waals surface area contributed by atoms with Gasteiger partial charge >= 0.3 is 0 Å². The van der Waals surface area contributed by atoms with E-state index in [9.17, 15) is 4.79 Å². The maximum atomic E-state index is 12.8. The highest BCUT2D eigenvalue weighted by atomic mass is 32.2. The minimum Gasteiger partial charge on any atom is -0.361 e. The summed E-state index contributed by atoms with van der Waals surface area (Å²) in [5.74, 6) is 1.69. The van der Waals surface area contributed by atoms with Crippen LogP contribution in [-0.2, 0) is 5.75 Å². The topological polar surface area (TPSA) is 68.0 Å².